The monoisotopic (exact) mass is 387 g/mol. The van der Waals surface area contributed by atoms with Crippen LogP contribution in [-0.4, -0.2) is 33.7 Å². The molecule has 6 heteroatoms. The Kier molecular flexibility index (Phi) is 5.29. The fraction of sp³-hybridized carbons (Fsp3) is 0.333. The third kappa shape index (κ3) is 4.00. The molecule has 2 unspecified atom stereocenters. The van der Waals surface area contributed by atoms with E-state index in [2.05, 4.69) is 20.8 Å². The number of nitrogens with zero attached hydrogens (tertiary/aromatic N) is 1. The van der Waals surface area contributed by atoms with Gasteiger partial charge < -0.3 is 10.0 Å². The van der Waals surface area contributed by atoms with Crippen molar-refractivity contribution in [2.24, 2.45) is 0 Å². The van der Waals surface area contributed by atoms with E-state index in [9.17, 15) is 19.1 Å². The summed E-state index contributed by atoms with van der Waals surface area (Å²) in [5.41, 5.74) is 2.34. The number of carbonyl (C=O) groups is 2. The van der Waals surface area contributed by atoms with Crippen LogP contribution in [0.25, 0.3) is 0 Å². The maximum absolute atomic E-state index is 13.2. The number of aliphatic carboxylic acids is 1. The molecule has 27 heavy (non-hydrogen) atoms. The van der Waals surface area contributed by atoms with Crippen LogP contribution in [-0.2, 0) is 10.2 Å². The second kappa shape index (κ2) is 7.35. The van der Waals surface area contributed by atoms with Crippen molar-refractivity contribution in [2.45, 2.75) is 37.6 Å². The molecule has 2 atom stereocenters. The number of benzene rings is 2. The summed E-state index contributed by atoms with van der Waals surface area (Å²) in [6.45, 7) is 6.37. The van der Waals surface area contributed by atoms with Crippen LogP contribution in [0.1, 0.15) is 47.6 Å². The zero-order chi connectivity index (χ0) is 19.8. The predicted molar refractivity (Wildman–Crippen MR) is 104 cm³/mol. The Labute approximate surface area is 162 Å². The fourth-order valence-electron chi connectivity index (χ4n) is 3.09. The van der Waals surface area contributed by atoms with Gasteiger partial charge in [0.15, 0.2) is 0 Å². The largest absolute Gasteiger partial charge is 0.480 e. The second-order valence-electron chi connectivity index (χ2n) is 7.63. The molecule has 3 rings (SSSR count). The van der Waals surface area contributed by atoms with Gasteiger partial charge in [0.2, 0.25) is 0 Å². The number of carboxylic acid groups (broad SMARTS) is 1. The summed E-state index contributed by atoms with van der Waals surface area (Å²) < 4.78 is 13.2. The lowest BCUT2D eigenvalue weighted by atomic mass is 9.86. The number of hydrogen-bond acceptors (Lipinski definition) is 3. The van der Waals surface area contributed by atoms with Crippen LogP contribution in [0.4, 0.5) is 4.39 Å². The van der Waals surface area contributed by atoms with Gasteiger partial charge in [-0.3, -0.25) is 4.79 Å². The van der Waals surface area contributed by atoms with Crippen LogP contribution >= 0.6 is 11.8 Å². The molecule has 2 aromatic rings. The van der Waals surface area contributed by atoms with Gasteiger partial charge in [-0.15, -0.1) is 11.8 Å². The lowest BCUT2D eigenvalue weighted by Crippen LogP contribution is -2.43. The van der Waals surface area contributed by atoms with Crippen LogP contribution in [0.5, 0.6) is 0 Å². The van der Waals surface area contributed by atoms with E-state index in [1.807, 2.05) is 24.3 Å². The van der Waals surface area contributed by atoms with Crippen LogP contribution in [0.3, 0.4) is 0 Å². The molecule has 0 saturated carbocycles. The summed E-state index contributed by atoms with van der Waals surface area (Å²) in [6, 6.07) is 12.2. The van der Waals surface area contributed by atoms with E-state index in [0.717, 1.165) is 5.56 Å². The van der Waals surface area contributed by atoms with Gasteiger partial charge in [-0.05, 0) is 40.8 Å². The zero-order valence-electron chi connectivity index (χ0n) is 15.5. The molecular weight excluding hydrogens is 365 g/mol. The molecule has 1 amide bonds. The van der Waals surface area contributed by atoms with Gasteiger partial charge in [-0.1, -0.05) is 45.0 Å². The van der Waals surface area contributed by atoms with E-state index < -0.39 is 29.1 Å². The van der Waals surface area contributed by atoms with Crippen LogP contribution < -0.4 is 0 Å². The first-order valence-corrected chi connectivity index (χ1v) is 9.76. The minimum absolute atomic E-state index is 0.00850. The Bertz CT molecular complexity index is 843. The lowest BCUT2D eigenvalue weighted by Gasteiger charge is -2.28. The van der Waals surface area contributed by atoms with Crippen molar-refractivity contribution in [3.63, 3.8) is 0 Å². The molecule has 0 spiro atoms. The lowest BCUT2D eigenvalue weighted by molar-refractivity contribution is -0.141. The Hall–Kier alpha value is -2.34. The SMILES string of the molecule is CC(C)(C)c1ccc(C2SCC(C(=O)O)N2C(=O)c2ccc(F)cc2)cc1. The normalized spacial score (nSPS) is 19.9. The Morgan fingerprint density at radius 3 is 2.19 bits per heavy atom. The summed E-state index contributed by atoms with van der Waals surface area (Å²) in [6.07, 6.45) is 0. The smallest absolute Gasteiger partial charge is 0.327 e. The maximum atomic E-state index is 13.2. The Morgan fingerprint density at radius 2 is 1.67 bits per heavy atom. The molecule has 0 bridgehead atoms. The Balaban J connectivity index is 1.95. The standard InChI is InChI=1S/C21H22FNO3S/c1-21(2,3)15-8-4-14(5-9-15)19-23(17(12-27-19)20(25)26)18(24)13-6-10-16(22)11-7-13/h4-11,17,19H,12H2,1-3H3,(H,25,26). The highest BCUT2D eigenvalue weighted by Crippen LogP contribution is 2.42. The number of hydrogen-bond donors (Lipinski definition) is 1. The topological polar surface area (TPSA) is 57.6 Å². The summed E-state index contributed by atoms with van der Waals surface area (Å²) >= 11 is 1.43. The third-order valence-electron chi connectivity index (χ3n) is 4.67. The molecular formula is C21H22FNO3S. The minimum Gasteiger partial charge on any atom is -0.480 e. The second-order valence-corrected chi connectivity index (χ2v) is 8.74. The first-order chi connectivity index (χ1) is 12.7. The average Bonchev–Trinajstić information content (AvgIpc) is 3.06. The molecule has 1 aliphatic heterocycles. The number of rotatable bonds is 3. The van der Waals surface area contributed by atoms with Crippen LogP contribution in [0.2, 0.25) is 0 Å². The highest BCUT2D eigenvalue weighted by Gasteiger charge is 2.42. The highest BCUT2D eigenvalue weighted by atomic mass is 32.2. The van der Waals surface area contributed by atoms with Gasteiger partial charge >= 0.3 is 5.97 Å². The molecule has 1 aliphatic rings. The third-order valence-corrected chi connectivity index (χ3v) is 6.00. The van der Waals surface area contributed by atoms with E-state index in [-0.39, 0.29) is 11.0 Å². The number of thioether (sulfide) groups is 1. The van der Waals surface area contributed by atoms with Gasteiger partial charge in [0.25, 0.3) is 5.91 Å². The quantitative estimate of drug-likeness (QED) is 0.845. The molecule has 1 heterocycles. The highest BCUT2D eigenvalue weighted by molar-refractivity contribution is 7.99. The van der Waals surface area contributed by atoms with Gasteiger partial charge in [0, 0.05) is 11.3 Å². The molecule has 0 aliphatic carbocycles. The zero-order valence-corrected chi connectivity index (χ0v) is 16.3. The number of amides is 1. The summed E-state index contributed by atoms with van der Waals surface area (Å²) in [4.78, 5) is 26.1. The molecule has 0 aromatic heterocycles. The summed E-state index contributed by atoms with van der Waals surface area (Å²) in [7, 11) is 0. The summed E-state index contributed by atoms with van der Waals surface area (Å²) in [5.74, 6) is -1.57. The number of halogens is 1. The van der Waals surface area contributed by atoms with E-state index in [1.54, 1.807) is 0 Å². The van der Waals surface area contributed by atoms with Gasteiger partial charge in [0.05, 0.1) is 0 Å². The first kappa shape index (κ1) is 19.4. The van der Waals surface area contributed by atoms with Gasteiger partial charge in [-0.25, -0.2) is 9.18 Å². The van der Waals surface area contributed by atoms with Crippen LogP contribution in [0, 0.1) is 5.82 Å². The molecule has 0 radical (unpaired) electrons. The average molecular weight is 387 g/mol. The fourth-order valence-corrected chi connectivity index (χ4v) is 4.51. The summed E-state index contributed by atoms with van der Waals surface area (Å²) in [5, 5.41) is 9.18. The molecule has 142 valence electrons. The van der Waals surface area contributed by atoms with Gasteiger partial charge in [0.1, 0.15) is 17.2 Å². The Morgan fingerprint density at radius 1 is 1.07 bits per heavy atom. The van der Waals surface area contributed by atoms with Crippen molar-refractivity contribution < 1.29 is 19.1 Å². The minimum atomic E-state index is -1.04. The molecule has 2 aromatic carbocycles. The molecule has 1 N–H and O–H groups in total. The van der Waals surface area contributed by atoms with E-state index in [4.69, 9.17) is 0 Å². The van der Waals surface area contributed by atoms with Gasteiger partial charge in [-0.2, -0.15) is 0 Å². The number of carbonyl (C=O) groups excluding carboxylic acids is 1. The van der Waals surface area contributed by atoms with E-state index in [1.165, 1.54) is 46.5 Å². The molecule has 1 fully saturated rings. The van der Waals surface area contributed by atoms with Crippen LogP contribution in [0.15, 0.2) is 48.5 Å². The maximum Gasteiger partial charge on any atom is 0.327 e. The van der Waals surface area contributed by atoms with E-state index >= 15 is 0 Å². The van der Waals surface area contributed by atoms with Crippen molar-refractivity contribution in [3.05, 3.63) is 71.0 Å². The number of carboxylic acids is 1. The van der Waals surface area contributed by atoms with Crippen molar-refractivity contribution in [3.8, 4) is 0 Å². The van der Waals surface area contributed by atoms with E-state index in [0.29, 0.717) is 5.75 Å². The first-order valence-electron chi connectivity index (χ1n) is 8.71. The molecule has 1 saturated heterocycles. The van der Waals surface area contributed by atoms with Crippen molar-refractivity contribution >= 4 is 23.6 Å². The van der Waals surface area contributed by atoms with Crippen molar-refractivity contribution in [1.29, 1.82) is 0 Å². The predicted octanol–water partition coefficient (Wildman–Crippen LogP) is 4.46. The molecule has 4 nitrogen and oxygen atoms in total. The van der Waals surface area contributed by atoms with Crippen molar-refractivity contribution in [2.75, 3.05) is 5.75 Å². The van der Waals surface area contributed by atoms with Crippen molar-refractivity contribution in [1.82, 2.24) is 4.90 Å².